The predicted octanol–water partition coefficient (Wildman–Crippen LogP) is 3.45. The Bertz CT molecular complexity index is 693. The summed E-state index contributed by atoms with van der Waals surface area (Å²) in [6, 6.07) is 7.68. The van der Waals surface area contributed by atoms with Crippen molar-refractivity contribution in [3.8, 4) is 0 Å². The van der Waals surface area contributed by atoms with Gasteiger partial charge in [0.1, 0.15) is 5.69 Å². The first kappa shape index (κ1) is 14.2. The summed E-state index contributed by atoms with van der Waals surface area (Å²) in [5, 5.41) is 0. The number of aryl methyl sites for hydroxylation is 1. The Morgan fingerprint density at radius 2 is 2.24 bits per heavy atom. The molecule has 0 spiro atoms. The third kappa shape index (κ3) is 2.46. The number of anilines is 2. The van der Waals surface area contributed by atoms with Gasteiger partial charge in [-0.3, -0.25) is 4.79 Å². The molecule has 2 N–H and O–H groups in total. The van der Waals surface area contributed by atoms with Gasteiger partial charge in [0.15, 0.2) is 0 Å². The minimum absolute atomic E-state index is 0.0362. The Labute approximate surface area is 132 Å². The minimum Gasteiger partial charge on any atom is -0.398 e. The van der Waals surface area contributed by atoms with E-state index in [-0.39, 0.29) is 5.91 Å². The highest BCUT2D eigenvalue weighted by molar-refractivity contribution is 9.10. The Morgan fingerprint density at radius 3 is 3.00 bits per heavy atom. The van der Waals surface area contributed by atoms with Gasteiger partial charge in [-0.05, 0) is 59.5 Å². The number of benzene rings is 1. The largest absolute Gasteiger partial charge is 0.398 e. The van der Waals surface area contributed by atoms with Crippen LogP contribution in [0, 0.1) is 0 Å². The number of hydrogen-bond acceptors (Lipinski definition) is 2. The molecular formula is C16H18BrN3O. The van der Waals surface area contributed by atoms with E-state index in [0.29, 0.717) is 5.69 Å². The first-order valence-electron chi connectivity index (χ1n) is 7.16. The lowest BCUT2D eigenvalue weighted by atomic mass is 9.99. The van der Waals surface area contributed by atoms with Crippen LogP contribution in [0.2, 0.25) is 0 Å². The minimum atomic E-state index is 0.0362. The van der Waals surface area contributed by atoms with Gasteiger partial charge in [-0.1, -0.05) is 6.07 Å². The molecule has 3 rings (SSSR count). The molecule has 0 aliphatic carbocycles. The van der Waals surface area contributed by atoms with Crippen molar-refractivity contribution >= 4 is 33.2 Å². The number of carbonyl (C=O) groups is 1. The normalized spacial score (nSPS) is 14.1. The summed E-state index contributed by atoms with van der Waals surface area (Å²) in [6.07, 6.45) is 3.82. The third-order valence-corrected chi connectivity index (χ3v) is 4.39. The molecule has 1 aromatic heterocycles. The summed E-state index contributed by atoms with van der Waals surface area (Å²) < 4.78 is 2.89. The van der Waals surface area contributed by atoms with Crippen LogP contribution in [0.25, 0.3) is 0 Å². The lowest BCUT2D eigenvalue weighted by Gasteiger charge is -2.30. The molecule has 0 atom stereocenters. The molecule has 2 heterocycles. The Balaban J connectivity index is 2.02. The standard InChI is InChI=1S/C16H18BrN3O/c1-2-19-10-11(17)9-15(19)16(21)20-8-4-5-12-13(18)6-3-7-14(12)20/h3,6-7,9-10H,2,4-5,8,18H2,1H3. The predicted molar refractivity (Wildman–Crippen MR) is 88.7 cm³/mol. The molecular weight excluding hydrogens is 330 g/mol. The van der Waals surface area contributed by atoms with Crippen LogP contribution in [-0.4, -0.2) is 17.0 Å². The second-order valence-corrected chi connectivity index (χ2v) is 6.15. The van der Waals surface area contributed by atoms with E-state index in [1.807, 2.05) is 46.9 Å². The number of nitrogens with zero attached hydrogens (tertiary/aromatic N) is 2. The second kappa shape index (κ2) is 5.56. The third-order valence-electron chi connectivity index (χ3n) is 3.95. The van der Waals surface area contributed by atoms with Crippen molar-refractivity contribution in [3.63, 3.8) is 0 Å². The van der Waals surface area contributed by atoms with Crippen LogP contribution < -0.4 is 10.6 Å². The van der Waals surface area contributed by atoms with Crippen LogP contribution >= 0.6 is 15.9 Å². The number of carbonyl (C=O) groups excluding carboxylic acids is 1. The van der Waals surface area contributed by atoms with Crippen molar-refractivity contribution in [3.05, 3.63) is 46.2 Å². The van der Waals surface area contributed by atoms with Gasteiger partial charge in [0, 0.05) is 35.1 Å². The van der Waals surface area contributed by atoms with Gasteiger partial charge in [0.2, 0.25) is 0 Å². The van der Waals surface area contributed by atoms with E-state index in [1.165, 1.54) is 0 Å². The Hall–Kier alpha value is -1.75. The quantitative estimate of drug-likeness (QED) is 0.846. The van der Waals surface area contributed by atoms with Gasteiger partial charge in [-0.25, -0.2) is 0 Å². The van der Waals surface area contributed by atoms with Gasteiger partial charge in [0.05, 0.1) is 0 Å². The molecule has 0 saturated heterocycles. The van der Waals surface area contributed by atoms with Crippen molar-refractivity contribution in [1.29, 1.82) is 0 Å². The first-order chi connectivity index (χ1) is 10.1. The summed E-state index contributed by atoms with van der Waals surface area (Å²) in [5.74, 6) is 0.0362. The molecule has 110 valence electrons. The second-order valence-electron chi connectivity index (χ2n) is 5.23. The Kier molecular flexibility index (Phi) is 3.76. The number of amides is 1. The first-order valence-corrected chi connectivity index (χ1v) is 7.96. The Morgan fingerprint density at radius 1 is 1.43 bits per heavy atom. The molecule has 0 fully saturated rings. The molecule has 0 unspecified atom stereocenters. The van der Waals surface area contributed by atoms with Crippen molar-refractivity contribution < 1.29 is 4.79 Å². The smallest absolute Gasteiger partial charge is 0.274 e. The number of aromatic nitrogens is 1. The molecule has 1 aromatic carbocycles. The fourth-order valence-electron chi connectivity index (χ4n) is 2.92. The number of fused-ring (bicyclic) bond motifs is 1. The summed E-state index contributed by atoms with van der Waals surface area (Å²) >= 11 is 3.45. The van der Waals surface area contributed by atoms with Gasteiger partial charge >= 0.3 is 0 Å². The van der Waals surface area contributed by atoms with Crippen molar-refractivity contribution in [2.45, 2.75) is 26.3 Å². The lowest BCUT2D eigenvalue weighted by molar-refractivity contribution is 0.0976. The van der Waals surface area contributed by atoms with E-state index in [1.54, 1.807) is 0 Å². The number of nitrogen functional groups attached to an aromatic ring is 1. The zero-order valence-electron chi connectivity index (χ0n) is 12.0. The highest BCUT2D eigenvalue weighted by atomic mass is 79.9. The molecule has 1 aliphatic rings. The number of rotatable bonds is 2. The maximum atomic E-state index is 12.9. The monoisotopic (exact) mass is 347 g/mol. The van der Waals surface area contributed by atoms with Crippen LogP contribution in [-0.2, 0) is 13.0 Å². The number of hydrogen-bond donors (Lipinski definition) is 1. The maximum Gasteiger partial charge on any atom is 0.274 e. The van der Waals surface area contributed by atoms with Gasteiger partial charge in [0.25, 0.3) is 5.91 Å². The van der Waals surface area contributed by atoms with E-state index in [0.717, 1.165) is 47.3 Å². The average Bonchev–Trinajstić information content (AvgIpc) is 2.87. The highest BCUT2D eigenvalue weighted by Crippen LogP contribution is 2.32. The zero-order chi connectivity index (χ0) is 15.0. The average molecular weight is 348 g/mol. The summed E-state index contributed by atoms with van der Waals surface area (Å²) in [6.45, 7) is 3.54. The topological polar surface area (TPSA) is 51.3 Å². The van der Waals surface area contributed by atoms with Crippen LogP contribution in [0.3, 0.4) is 0 Å². The SMILES string of the molecule is CCn1cc(Br)cc1C(=O)N1CCCc2c(N)cccc21. The zero-order valence-corrected chi connectivity index (χ0v) is 13.6. The van der Waals surface area contributed by atoms with Crippen molar-refractivity contribution in [1.82, 2.24) is 4.57 Å². The van der Waals surface area contributed by atoms with Gasteiger partial charge in [-0.2, -0.15) is 0 Å². The van der Waals surface area contributed by atoms with Gasteiger partial charge < -0.3 is 15.2 Å². The summed E-state index contributed by atoms with van der Waals surface area (Å²) in [5.41, 5.74) is 9.57. The van der Waals surface area contributed by atoms with Crippen LogP contribution in [0.15, 0.2) is 34.9 Å². The fourth-order valence-corrected chi connectivity index (χ4v) is 3.38. The van der Waals surface area contributed by atoms with Crippen molar-refractivity contribution in [2.75, 3.05) is 17.2 Å². The molecule has 2 aromatic rings. The van der Waals surface area contributed by atoms with E-state index < -0.39 is 0 Å². The van der Waals surface area contributed by atoms with Crippen molar-refractivity contribution in [2.24, 2.45) is 0 Å². The summed E-state index contributed by atoms with van der Waals surface area (Å²) in [7, 11) is 0. The van der Waals surface area contributed by atoms with E-state index in [2.05, 4.69) is 15.9 Å². The van der Waals surface area contributed by atoms with Crippen LogP contribution in [0.1, 0.15) is 29.4 Å². The van der Waals surface area contributed by atoms with Gasteiger partial charge in [-0.15, -0.1) is 0 Å². The highest BCUT2D eigenvalue weighted by Gasteiger charge is 2.26. The van der Waals surface area contributed by atoms with E-state index in [9.17, 15) is 4.79 Å². The summed E-state index contributed by atoms with van der Waals surface area (Å²) in [4.78, 5) is 14.8. The van der Waals surface area contributed by atoms with E-state index >= 15 is 0 Å². The molecule has 21 heavy (non-hydrogen) atoms. The fraction of sp³-hybridized carbons (Fsp3) is 0.312. The van der Waals surface area contributed by atoms with Crippen LogP contribution in [0.5, 0.6) is 0 Å². The number of nitrogens with two attached hydrogens (primary N) is 1. The molecule has 1 aliphatic heterocycles. The molecule has 0 saturated carbocycles. The molecule has 4 nitrogen and oxygen atoms in total. The molecule has 0 bridgehead atoms. The maximum absolute atomic E-state index is 12.9. The number of halogens is 1. The molecule has 5 heteroatoms. The molecule has 0 radical (unpaired) electrons. The van der Waals surface area contributed by atoms with Crippen LogP contribution in [0.4, 0.5) is 11.4 Å². The molecule has 1 amide bonds. The lowest BCUT2D eigenvalue weighted by Crippen LogP contribution is -2.36. The van der Waals surface area contributed by atoms with E-state index in [4.69, 9.17) is 5.73 Å².